The Labute approximate surface area is 307 Å². The van der Waals surface area contributed by atoms with E-state index in [0.717, 1.165) is 27.6 Å². The Hall–Kier alpha value is -5.49. The van der Waals surface area contributed by atoms with Crippen LogP contribution in [0.1, 0.15) is 62.4 Å². The summed E-state index contributed by atoms with van der Waals surface area (Å²) in [7, 11) is 0. The second kappa shape index (κ2) is 16.2. The summed E-state index contributed by atoms with van der Waals surface area (Å²) in [4.78, 5) is 64.4. The van der Waals surface area contributed by atoms with Gasteiger partial charge in [-0.1, -0.05) is 86.1 Å². The zero-order chi connectivity index (χ0) is 36.8. The number of aromatic nitrogens is 4. The van der Waals surface area contributed by atoms with Gasteiger partial charge in [0.05, 0.1) is 6.04 Å². The van der Waals surface area contributed by atoms with Crippen molar-refractivity contribution < 1.29 is 19.2 Å². The molecule has 4 N–H and O–H groups in total. The molecule has 1 aliphatic rings. The number of halogens is 1. The summed E-state index contributed by atoms with van der Waals surface area (Å²) in [5.41, 5.74) is 3.47. The summed E-state index contributed by atoms with van der Waals surface area (Å²) in [5, 5.41) is 14.8. The fraction of sp³-hybridized carbons (Fsp3) is 0.333. The predicted molar refractivity (Wildman–Crippen MR) is 200 cm³/mol. The zero-order valence-corrected chi connectivity index (χ0v) is 30.2. The number of hydrogen-bond donors (Lipinski definition) is 4. The first-order valence-electron chi connectivity index (χ1n) is 17.6. The first-order valence-corrected chi connectivity index (χ1v) is 18.0. The van der Waals surface area contributed by atoms with Crippen LogP contribution < -0.4 is 16.0 Å². The molecule has 0 aliphatic carbocycles. The Morgan fingerprint density at radius 1 is 0.923 bits per heavy atom. The van der Waals surface area contributed by atoms with Gasteiger partial charge >= 0.3 is 0 Å². The maximum atomic E-state index is 14.4. The molecule has 270 valence electrons. The first kappa shape index (κ1) is 36.3. The average Bonchev–Trinajstić information content (AvgIpc) is 3.72. The van der Waals surface area contributed by atoms with Crippen molar-refractivity contribution in [3.05, 3.63) is 95.4 Å². The van der Waals surface area contributed by atoms with E-state index >= 15 is 0 Å². The fourth-order valence-electron chi connectivity index (χ4n) is 6.50. The quantitative estimate of drug-likeness (QED) is 0.188. The van der Waals surface area contributed by atoms with Gasteiger partial charge in [0.2, 0.25) is 17.7 Å². The minimum absolute atomic E-state index is 0.0934. The molecule has 0 bridgehead atoms. The Bertz CT molecular complexity index is 2060. The van der Waals surface area contributed by atoms with Gasteiger partial charge in [-0.2, -0.15) is 5.10 Å². The second-order valence-electron chi connectivity index (χ2n) is 13.5. The molecule has 12 nitrogen and oxygen atoms in total. The van der Waals surface area contributed by atoms with Crippen LogP contribution in [0.5, 0.6) is 0 Å². The highest BCUT2D eigenvalue weighted by molar-refractivity contribution is 6.31. The molecule has 0 saturated carbocycles. The molecule has 0 radical (unpaired) electrons. The number of nitrogens with one attached hydrogen (secondary N) is 4. The topological polar surface area (TPSA) is 154 Å². The standard InChI is InChI=1S/C39H43ClN8O4/c1-24(2)21-31-38(51)42-25(3)37-45-36(27-13-8-5-9-14-27)46-48(37)23-33(50)41-18-20-47(19-10-15-32(49)43-31)39(52)35-34(26-11-6-4-7-12-26)29-22-28(40)16-17-30(29)44-35/h4-9,11-14,16-17,22,24-25,31,44H,10,15,18-21,23H2,1-3H3,(H,41,50)(H,42,51)(H,43,49)/t25-,31+/m0/s1. The number of rotatable bonds is 5. The van der Waals surface area contributed by atoms with E-state index in [4.69, 9.17) is 16.6 Å². The molecule has 3 heterocycles. The molecule has 2 aromatic heterocycles. The van der Waals surface area contributed by atoms with Crippen LogP contribution in [0.15, 0.2) is 78.9 Å². The van der Waals surface area contributed by atoms with E-state index in [1.54, 1.807) is 17.9 Å². The van der Waals surface area contributed by atoms with Crippen molar-refractivity contribution in [2.45, 2.75) is 58.7 Å². The molecule has 1 aliphatic heterocycles. The van der Waals surface area contributed by atoms with Gasteiger partial charge in [0.15, 0.2) is 5.82 Å². The lowest BCUT2D eigenvalue weighted by atomic mass is 10.0. The van der Waals surface area contributed by atoms with E-state index < -0.39 is 12.1 Å². The van der Waals surface area contributed by atoms with Crippen LogP contribution in [0.3, 0.4) is 0 Å². The molecule has 4 amide bonds. The molecular weight excluding hydrogens is 680 g/mol. The largest absolute Gasteiger partial charge is 0.353 e. The highest BCUT2D eigenvalue weighted by atomic mass is 35.5. The average molecular weight is 723 g/mol. The highest BCUT2D eigenvalue weighted by Gasteiger charge is 2.28. The van der Waals surface area contributed by atoms with Crippen LogP contribution in [0.2, 0.25) is 5.02 Å². The molecule has 2 atom stereocenters. The van der Waals surface area contributed by atoms with Gasteiger partial charge in [0.1, 0.15) is 24.1 Å². The van der Waals surface area contributed by atoms with Crippen molar-refractivity contribution in [2.24, 2.45) is 5.92 Å². The van der Waals surface area contributed by atoms with Crippen molar-refractivity contribution >= 4 is 46.1 Å². The third-order valence-electron chi connectivity index (χ3n) is 8.99. The summed E-state index contributed by atoms with van der Waals surface area (Å²) < 4.78 is 1.49. The van der Waals surface area contributed by atoms with E-state index in [-0.39, 0.29) is 62.1 Å². The van der Waals surface area contributed by atoms with Crippen molar-refractivity contribution in [1.29, 1.82) is 0 Å². The molecule has 13 heteroatoms. The Morgan fingerprint density at radius 3 is 2.35 bits per heavy atom. The number of nitrogens with zero attached hydrogens (tertiary/aromatic N) is 4. The minimum atomic E-state index is -0.789. The van der Waals surface area contributed by atoms with Crippen LogP contribution in [0.25, 0.3) is 33.4 Å². The number of carbonyl (C=O) groups is 4. The summed E-state index contributed by atoms with van der Waals surface area (Å²) >= 11 is 6.40. The molecule has 0 saturated heterocycles. The van der Waals surface area contributed by atoms with Crippen LogP contribution >= 0.6 is 11.6 Å². The zero-order valence-electron chi connectivity index (χ0n) is 29.5. The Morgan fingerprint density at radius 2 is 1.63 bits per heavy atom. The van der Waals surface area contributed by atoms with Crippen LogP contribution in [0, 0.1) is 5.92 Å². The summed E-state index contributed by atoms with van der Waals surface area (Å²) in [6.45, 7) is 6.16. The first-order chi connectivity index (χ1) is 25.1. The maximum absolute atomic E-state index is 14.4. The lowest BCUT2D eigenvalue weighted by Crippen LogP contribution is -2.48. The SMILES string of the molecule is CC(C)C[C@H]1NC(=O)CCCN(C(=O)c2[nH]c3ccc(Cl)cc3c2-c2ccccc2)CCNC(=O)Cn2nc(-c3ccccc3)nc2[C@H](C)NC1=O. The predicted octanol–water partition coefficient (Wildman–Crippen LogP) is 5.51. The third-order valence-corrected chi connectivity index (χ3v) is 9.23. The number of H-pyrrole nitrogens is 1. The molecule has 0 spiro atoms. The molecule has 0 fully saturated rings. The second-order valence-corrected chi connectivity index (χ2v) is 13.9. The van der Waals surface area contributed by atoms with Crippen molar-refractivity contribution in [3.8, 4) is 22.5 Å². The van der Waals surface area contributed by atoms with E-state index in [0.29, 0.717) is 35.2 Å². The van der Waals surface area contributed by atoms with Gasteiger partial charge in [-0.3, -0.25) is 19.2 Å². The fourth-order valence-corrected chi connectivity index (χ4v) is 6.68. The van der Waals surface area contributed by atoms with Gasteiger partial charge in [-0.15, -0.1) is 0 Å². The number of benzene rings is 3. The number of hydrogen-bond acceptors (Lipinski definition) is 6. The highest BCUT2D eigenvalue weighted by Crippen LogP contribution is 2.35. The molecule has 6 rings (SSSR count). The van der Waals surface area contributed by atoms with E-state index in [9.17, 15) is 19.2 Å². The van der Waals surface area contributed by atoms with Crippen molar-refractivity contribution in [1.82, 2.24) is 40.6 Å². The number of fused-ring (bicyclic) bond motifs is 2. The molecule has 52 heavy (non-hydrogen) atoms. The van der Waals surface area contributed by atoms with Crippen LogP contribution in [-0.2, 0) is 20.9 Å². The van der Waals surface area contributed by atoms with E-state index in [2.05, 4.69) is 26.0 Å². The number of carbonyl (C=O) groups excluding carboxylic acids is 4. The molecular formula is C39H43ClN8O4. The van der Waals surface area contributed by atoms with Crippen LogP contribution in [0.4, 0.5) is 0 Å². The van der Waals surface area contributed by atoms with Gasteiger partial charge in [0.25, 0.3) is 5.91 Å². The lowest BCUT2D eigenvalue weighted by Gasteiger charge is -2.24. The number of amides is 4. The van der Waals surface area contributed by atoms with Gasteiger partial charge in [-0.05, 0) is 49.4 Å². The molecule has 5 aromatic rings. The van der Waals surface area contributed by atoms with Crippen molar-refractivity contribution in [3.63, 3.8) is 0 Å². The minimum Gasteiger partial charge on any atom is -0.353 e. The Kier molecular flexibility index (Phi) is 11.3. The van der Waals surface area contributed by atoms with Crippen LogP contribution in [-0.4, -0.2) is 74.0 Å². The van der Waals surface area contributed by atoms with Crippen molar-refractivity contribution in [2.75, 3.05) is 19.6 Å². The van der Waals surface area contributed by atoms with Gasteiger partial charge in [0, 0.05) is 53.1 Å². The molecule has 3 aromatic carbocycles. The molecule has 0 unspecified atom stereocenters. The number of aromatic amines is 1. The summed E-state index contributed by atoms with van der Waals surface area (Å²) in [6, 6.07) is 23.0. The van der Waals surface area contributed by atoms with E-state index in [1.807, 2.05) is 86.6 Å². The Balaban J connectivity index is 1.32. The summed E-state index contributed by atoms with van der Waals surface area (Å²) in [5.74, 6) is -0.337. The van der Waals surface area contributed by atoms with Gasteiger partial charge in [-0.25, -0.2) is 9.67 Å². The summed E-state index contributed by atoms with van der Waals surface area (Å²) in [6.07, 6.45) is 0.855. The van der Waals surface area contributed by atoms with Gasteiger partial charge < -0.3 is 25.8 Å². The normalized spacial score (nSPS) is 18.0. The van der Waals surface area contributed by atoms with E-state index in [1.165, 1.54) is 4.68 Å². The maximum Gasteiger partial charge on any atom is 0.271 e. The third kappa shape index (κ3) is 8.51. The smallest absolute Gasteiger partial charge is 0.271 e. The lowest BCUT2D eigenvalue weighted by molar-refractivity contribution is -0.129. The monoisotopic (exact) mass is 722 g/mol.